The normalized spacial score (nSPS) is 12.0. The number of carbonyl (C=O) groups excluding carboxylic acids is 1. The van der Waals surface area contributed by atoms with Crippen molar-refractivity contribution in [3.05, 3.63) is 46.6 Å². The molecule has 0 unspecified atom stereocenters. The van der Waals surface area contributed by atoms with Gasteiger partial charge in [-0.2, -0.15) is 0 Å². The summed E-state index contributed by atoms with van der Waals surface area (Å²) in [5, 5.41) is 3.75. The summed E-state index contributed by atoms with van der Waals surface area (Å²) < 4.78 is 0. The number of halogens is 1. The first-order valence-corrected chi connectivity index (χ1v) is 8.00. The Hall–Kier alpha value is -1.79. The van der Waals surface area contributed by atoms with Gasteiger partial charge in [-0.3, -0.25) is 4.79 Å². The van der Waals surface area contributed by atoms with Gasteiger partial charge in [0.1, 0.15) is 5.82 Å². The quantitative estimate of drug-likeness (QED) is 0.648. The molecule has 0 aliphatic rings. The van der Waals surface area contributed by atoms with Gasteiger partial charge in [-0.1, -0.05) is 35.5 Å². The average Bonchev–Trinajstić information content (AvgIpc) is 2.45. The van der Waals surface area contributed by atoms with E-state index in [2.05, 4.69) is 15.3 Å². The number of nitrogens with one attached hydrogen (secondary N) is 1. The van der Waals surface area contributed by atoms with E-state index in [0.717, 1.165) is 11.3 Å². The molecule has 0 saturated heterocycles. The lowest BCUT2D eigenvalue weighted by molar-refractivity contribution is -0.120. The highest BCUT2D eigenvalue weighted by atomic mass is 35.5. The number of anilines is 1. The Morgan fingerprint density at radius 1 is 1.36 bits per heavy atom. The van der Waals surface area contributed by atoms with Crippen molar-refractivity contribution in [2.75, 3.05) is 5.73 Å². The first-order valence-electron chi connectivity index (χ1n) is 6.74. The first-order chi connectivity index (χ1) is 10.4. The number of thioether (sulfide) groups is 1. The number of nitrogens with two attached hydrogens (primary N) is 1. The Bertz CT molecular complexity index is 643. The number of benzene rings is 1. The van der Waals surface area contributed by atoms with Crippen molar-refractivity contribution in [1.82, 2.24) is 15.3 Å². The molecule has 22 heavy (non-hydrogen) atoms. The van der Waals surface area contributed by atoms with Crippen molar-refractivity contribution in [2.24, 2.45) is 0 Å². The topological polar surface area (TPSA) is 80.9 Å². The van der Waals surface area contributed by atoms with Crippen LogP contribution >= 0.6 is 23.4 Å². The maximum absolute atomic E-state index is 12.1. The molecule has 0 aliphatic carbocycles. The van der Waals surface area contributed by atoms with Crippen LogP contribution in [0.5, 0.6) is 0 Å². The second-order valence-electron chi connectivity index (χ2n) is 4.82. The number of aromatic nitrogens is 2. The number of carbonyl (C=O) groups is 1. The van der Waals surface area contributed by atoms with Crippen LogP contribution in [0.3, 0.4) is 0 Å². The van der Waals surface area contributed by atoms with E-state index in [4.69, 9.17) is 17.3 Å². The molecule has 0 radical (unpaired) electrons. The van der Waals surface area contributed by atoms with Crippen molar-refractivity contribution in [3.8, 4) is 0 Å². The lowest BCUT2D eigenvalue weighted by Gasteiger charge is -2.11. The number of nitrogen functional groups attached to an aromatic ring is 1. The summed E-state index contributed by atoms with van der Waals surface area (Å²) >= 11 is 7.11. The van der Waals surface area contributed by atoms with Gasteiger partial charge in [0.15, 0.2) is 5.16 Å². The molecular weight excluding hydrogens is 320 g/mol. The molecule has 0 bridgehead atoms. The van der Waals surface area contributed by atoms with E-state index in [0.29, 0.717) is 22.5 Å². The van der Waals surface area contributed by atoms with Crippen molar-refractivity contribution in [3.63, 3.8) is 0 Å². The molecule has 7 heteroatoms. The fourth-order valence-electron chi connectivity index (χ4n) is 1.76. The molecule has 3 N–H and O–H groups in total. The zero-order valence-corrected chi connectivity index (χ0v) is 13.9. The van der Waals surface area contributed by atoms with Gasteiger partial charge in [0.25, 0.3) is 0 Å². The van der Waals surface area contributed by atoms with Crippen molar-refractivity contribution < 1.29 is 4.79 Å². The van der Waals surface area contributed by atoms with E-state index < -0.39 is 0 Å². The van der Waals surface area contributed by atoms with Crippen LogP contribution in [0.1, 0.15) is 18.2 Å². The molecule has 2 rings (SSSR count). The minimum Gasteiger partial charge on any atom is -0.384 e. The van der Waals surface area contributed by atoms with Crippen LogP contribution in [-0.2, 0) is 11.3 Å². The maximum atomic E-state index is 12.1. The summed E-state index contributed by atoms with van der Waals surface area (Å²) in [6, 6.07) is 9.04. The van der Waals surface area contributed by atoms with Crippen LogP contribution in [0.2, 0.25) is 5.02 Å². The molecule has 1 heterocycles. The minimum atomic E-state index is -0.312. The van der Waals surface area contributed by atoms with E-state index in [9.17, 15) is 4.79 Å². The van der Waals surface area contributed by atoms with Crippen LogP contribution in [0, 0.1) is 6.92 Å². The molecular formula is C15H17ClN4OS. The minimum absolute atomic E-state index is 0.0800. The van der Waals surface area contributed by atoms with Crippen LogP contribution in [0.15, 0.2) is 35.5 Å². The molecule has 1 aromatic heterocycles. The Balaban J connectivity index is 1.90. The molecule has 0 aliphatic heterocycles. The van der Waals surface area contributed by atoms with E-state index in [-0.39, 0.29) is 11.2 Å². The molecule has 5 nitrogen and oxygen atoms in total. The van der Waals surface area contributed by atoms with Gasteiger partial charge >= 0.3 is 0 Å². The van der Waals surface area contributed by atoms with Gasteiger partial charge < -0.3 is 11.1 Å². The van der Waals surface area contributed by atoms with Crippen LogP contribution in [-0.4, -0.2) is 21.1 Å². The summed E-state index contributed by atoms with van der Waals surface area (Å²) in [6.07, 6.45) is 0. The number of hydrogen-bond acceptors (Lipinski definition) is 5. The van der Waals surface area contributed by atoms with Gasteiger partial charge in [-0.05, 0) is 31.5 Å². The Labute approximate surface area is 138 Å². The Morgan fingerprint density at radius 2 is 2.05 bits per heavy atom. The Morgan fingerprint density at radius 3 is 2.68 bits per heavy atom. The lowest BCUT2D eigenvalue weighted by Crippen LogP contribution is -2.30. The van der Waals surface area contributed by atoms with Crippen molar-refractivity contribution in [1.29, 1.82) is 0 Å². The molecule has 116 valence electrons. The molecule has 1 atom stereocenters. The van der Waals surface area contributed by atoms with E-state index in [1.54, 1.807) is 18.2 Å². The SMILES string of the molecule is Cc1cc(N)nc(S[C@@H](C)C(=O)NCc2ccc(Cl)cc2)n1. The number of rotatable bonds is 5. The third-order valence-corrected chi connectivity index (χ3v) is 4.10. The summed E-state index contributed by atoms with van der Waals surface area (Å²) in [5.41, 5.74) is 7.46. The second-order valence-corrected chi connectivity index (χ2v) is 6.57. The van der Waals surface area contributed by atoms with Crippen LogP contribution in [0.25, 0.3) is 0 Å². The highest BCUT2D eigenvalue weighted by molar-refractivity contribution is 8.00. The highest BCUT2D eigenvalue weighted by Crippen LogP contribution is 2.21. The van der Waals surface area contributed by atoms with Gasteiger partial charge in [-0.15, -0.1) is 0 Å². The number of hydrogen-bond donors (Lipinski definition) is 2. The first kappa shape index (κ1) is 16.6. The Kier molecular flexibility index (Phi) is 5.63. The fourth-order valence-corrected chi connectivity index (χ4v) is 2.75. The number of nitrogens with zero attached hydrogens (tertiary/aromatic N) is 2. The fraction of sp³-hybridized carbons (Fsp3) is 0.267. The third kappa shape index (κ3) is 4.89. The summed E-state index contributed by atoms with van der Waals surface area (Å²) in [4.78, 5) is 20.5. The van der Waals surface area contributed by atoms with E-state index in [1.165, 1.54) is 11.8 Å². The van der Waals surface area contributed by atoms with Gasteiger partial charge in [0.2, 0.25) is 5.91 Å². The van der Waals surface area contributed by atoms with Gasteiger partial charge in [0.05, 0.1) is 5.25 Å². The van der Waals surface area contributed by atoms with Gasteiger partial charge in [-0.25, -0.2) is 9.97 Å². The van der Waals surface area contributed by atoms with Crippen molar-refractivity contribution in [2.45, 2.75) is 30.8 Å². The lowest BCUT2D eigenvalue weighted by atomic mass is 10.2. The number of aryl methyl sites for hydroxylation is 1. The molecule has 0 saturated carbocycles. The molecule has 0 fully saturated rings. The zero-order valence-electron chi connectivity index (χ0n) is 12.3. The molecule has 1 aromatic carbocycles. The largest absolute Gasteiger partial charge is 0.384 e. The summed E-state index contributed by atoms with van der Waals surface area (Å²) in [5.74, 6) is 0.326. The highest BCUT2D eigenvalue weighted by Gasteiger charge is 2.16. The molecule has 2 aromatic rings. The van der Waals surface area contributed by atoms with E-state index in [1.807, 2.05) is 26.0 Å². The summed E-state index contributed by atoms with van der Waals surface area (Å²) in [6.45, 7) is 4.11. The standard InChI is InChI=1S/C15H17ClN4OS/c1-9-7-13(17)20-15(19-9)22-10(2)14(21)18-8-11-3-5-12(16)6-4-11/h3-7,10H,8H2,1-2H3,(H,18,21)(H2,17,19,20)/t10-/m0/s1. The van der Waals surface area contributed by atoms with Gasteiger partial charge in [0, 0.05) is 23.3 Å². The monoisotopic (exact) mass is 336 g/mol. The van der Waals surface area contributed by atoms with E-state index >= 15 is 0 Å². The second kappa shape index (κ2) is 7.47. The third-order valence-electron chi connectivity index (χ3n) is 2.88. The predicted molar refractivity (Wildman–Crippen MR) is 89.8 cm³/mol. The average molecular weight is 337 g/mol. The van der Waals surface area contributed by atoms with Crippen LogP contribution < -0.4 is 11.1 Å². The van der Waals surface area contributed by atoms with Crippen LogP contribution in [0.4, 0.5) is 5.82 Å². The molecule has 0 spiro atoms. The number of amides is 1. The molecule has 1 amide bonds. The van der Waals surface area contributed by atoms with Crippen molar-refractivity contribution >= 4 is 35.1 Å². The smallest absolute Gasteiger partial charge is 0.233 e. The zero-order chi connectivity index (χ0) is 16.1. The predicted octanol–water partition coefficient (Wildman–Crippen LogP) is 2.82. The summed E-state index contributed by atoms with van der Waals surface area (Å²) in [7, 11) is 0. The maximum Gasteiger partial charge on any atom is 0.233 e.